The van der Waals surface area contributed by atoms with Crippen LogP contribution in [-0.2, 0) is 13.6 Å². The number of carbonyl (C=O) groups excluding carboxylic acids is 1. The molecule has 1 amide bonds. The van der Waals surface area contributed by atoms with Crippen LogP contribution in [0.4, 0.5) is 5.69 Å². The van der Waals surface area contributed by atoms with Gasteiger partial charge in [-0.25, -0.2) is 0 Å². The first-order chi connectivity index (χ1) is 9.93. The van der Waals surface area contributed by atoms with E-state index in [2.05, 4.69) is 15.7 Å². The van der Waals surface area contributed by atoms with Crippen molar-refractivity contribution < 1.29 is 4.79 Å². The quantitative estimate of drug-likeness (QED) is 0.913. The fourth-order valence-corrected chi connectivity index (χ4v) is 2.43. The van der Waals surface area contributed by atoms with Crippen molar-refractivity contribution in [2.45, 2.75) is 20.4 Å². The summed E-state index contributed by atoms with van der Waals surface area (Å²) in [6.07, 6.45) is 0. The van der Waals surface area contributed by atoms with Crippen LogP contribution >= 0.6 is 11.6 Å². The van der Waals surface area contributed by atoms with Gasteiger partial charge in [-0.05, 0) is 32.0 Å². The molecular weight excluding hydrogens is 288 g/mol. The van der Waals surface area contributed by atoms with E-state index >= 15 is 0 Å². The third kappa shape index (κ3) is 3.19. The maximum Gasteiger partial charge on any atom is 0.253 e. The molecular formula is C15H19ClN4O. The van der Waals surface area contributed by atoms with Crippen LogP contribution in [0.3, 0.4) is 0 Å². The Bertz CT molecular complexity index is 679. The molecule has 21 heavy (non-hydrogen) atoms. The molecule has 112 valence electrons. The molecule has 0 spiro atoms. The number of carbonyl (C=O) groups is 1. The lowest BCUT2D eigenvalue weighted by Crippen LogP contribution is -2.24. The molecule has 0 aliphatic rings. The van der Waals surface area contributed by atoms with Crippen molar-refractivity contribution in [2.75, 3.05) is 12.4 Å². The fraction of sp³-hybridized carbons (Fsp3) is 0.333. The zero-order valence-corrected chi connectivity index (χ0v) is 13.4. The Labute approximate surface area is 129 Å². The molecule has 2 aromatic rings. The SMILES string of the molecule is CNc1ccc(Cl)cc1C(=O)NCc1c(C)nn(C)c1C. The predicted molar refractivity (Wildman–Crippen MR) is 84.9 cm³/mol. The highest BCUT2D eigenvalue weighted by Crippen LogP contribution is 2.20. The minimum atomic E-state index is -0.162. The maximum absolute atomic E-state index is 12.3. The number of aryl methyl sites for hydroxylation is 2. The van der Waals surface area contributed by atoms with Gasteiger partial charge in [0.05, 0.1) is 11.3 Å². The van der Waals surface area contributed by atoms with Crippen LogP contribution in [-0.4, -0.2) is 22.7 Å². The van der Waals surface area contributed by atoms with E-state index in [1.165, 1.54) is 0 Å². The molecule has 1 aromatic carbocycles. The number of halogens is 1. The molecule has 0 atom stereocenters. The van der Waals surface area contributed by atoms with Gasteiger partial charge in [-0.3, -0.25) is 9.48 Å². The normalized spacial score (nSPS) is 10.5. The highest BCUT2D eigenvalue weighted by Gasteiger charge is 2.14. The van der Waals surface area contributed by atoms with E-state index in [1.807, 2.05) is 25.6 Å². The van der Waals surface area contributed by atoms with Crippen LogP contribution in [0.25, 0.3) is 0 Å². The fourth-order valence-electron chi connectivity index (χ4n) is 2.26. The Hall–Kier alpha value is -2.01. The molecule has 5 nitrogen and oxygen atoms in total. The van der Waals surface area contributed by atoms with E-state index in [9.17, 15) is 4.79 Å². The lowest BCUT2D eigenvalue weighted by molar-refractivity contribution is 0.0951. The Kier molecular flexibility index (Phi) is 4.53. The van der Waals surface area contributed by atoms with Gasteiger partial charge >= 0.3 is 0 Å². The van der Waals surface area contributed by atoms with Crippen molar-refractivity contribution in [3.05, 3.63) is 45.7 Å². The zero-order valence-electron chi connectivity index (χ0n) is 12.6. The number of hydrogen-bond donors (Lipinski definition) is 2. The van der Waals surface area contributed by atoms with E-state index in [0.717, 1.165) is 22.6 Å². The Morgan fingerprint density at radius 1 is 1.38 bits per heavy atom. The number of anilines is 1. The highest BCUT2D eigenvalue weighted by atomic mass is 35.5. The summed E-state index contributed by atoms with van der Waals surface area (Å²) >= 11 is 5.97. The minimum Gasteiger partial charge on any atom is -0.387 e. The molecule has 0 radical (unpaired) electrons. The molecule has 6 heteroatoms. The van der Waals surface area contributed by atoms with Crippen LogP contribution < -0.4 is 10.6 Å². The third-order valence-electron chi connectivity index (χ3n) is 3.58. The Morgan fingerprint density at radius 2 is 2.10 bits per heavy atom. The van der Waals surface area contributed by atoms with E-state index in [0.29, 0.717) is 17.1 Å². The molecule has 1 heterocycles. The topological polar surface area (TPSA) is 59.0 Å². The Balaban J connectivity index is 2.17. The number of nitrogens with one attached hydrogen (secondary N) is 2. The molecule has 0 saturated heterocycles. The molecule has 0 bridgehead atoms. The minimum absolute atomic E-state index is 0.162. The molecule has 0 aliphatic heterocycles. The second-order valence-electron chi connectivity index (χ2n) is 4.90. The largest absolute Gasteiger partial charge is 0.387 e. The summed E-state index contributed by atoms with van der Waals surface area (Å²) in [6.45, 7) is 4.37. The number of amides is 1. The standard InChI is InChI=1S/C15H19ClN4O/c1-9-13(10(2)20(4)19-9)8-18-15(21)12-7-11(16)5-6-14(12)17-3/h5-7,17H,8H2,1-4H3,(H,18,21). The van der Waals surface area contributed by atoms with Gasteiger partial charge in [-0.1, -0.05) is 11.6 Å². The molecule has 2 N–H and O–H groups in total. The van der Waals surface area contributed by atoms with Crippen molar-refractivity contribution in [2.24, 2.45) is 7.05 Å². The summed E-state index contributed by atoms with van der Waals surface area (Å²) in [4.78, 5) is 12.3. The van der Waals surface area contributed by atoms with Gasteiger partial charge < -0.3 is 10.6 Å². The van der Waals surface area contributed by atoms with E-state index in [-0.39, 0.29) is 5.91 Å². The predicted octanol–water partition coefficient (Wildman–Crippen LogP) is 2.66. The van der Waals surface area contributed by atoms with Crippen molar-refractivity contribution in [1.29, 1.82) is 0 Å². The van der Waals surface area contributed by atoms with Gasteiger partial charge in [-0.15, -0.1) is 0 Å². The van der Waals surface area contributed by atoms with Crippen LogP contribution in [0.1, 0.15) is 27.3 Å². The second-order valence-corrected chi connectivity index (χ2v) is 5.33. The van der Waals surface area contributed by atoms with Gasteiger partial charge in [0.25, 0.3) is 5.91 Å². The first-order valence-corrected chi connectivity index (χ1v) is 7.06. The van der Waals surface area contributed by atoms with Crippen molar-refractivity contribution in [3.8, 4) is 0 Å². The van der Waals surface area contributed by atoms with Crippen LogP contribution in [0.2, 0.25) is 5.02 Å². The monoisotopic (exact) mass is 306 g/mol. The Morgan fingerprint density at radius 3 is 2.67 bits per heavy atom. The molecule has 1 aromatic heterocycles. The van der Waals surface area contributed by atoms with Crippen molar-refractivity contribution >= 4 is 23.2 Å². The number of rotatable bonds is 4. The van der Waals surface area contributed by atoms with Gasteiger partial charge in [-0.2, -0.15) is 5.10 Å². The van der Waals surface area contributed by atoms with Crippen molar-refractivity contribution in [1.82, 2.24) is 15.1 Å². The first kappa shape index (κ1) is 15.4. The van der Waals surface area contributed by atoms with Crippen LogP contribution in [0.5, 0.6) is 0 Å². The average molecular weight is 307 g/mol. The van der Waals surface area contributed by atoms with E-state index < -0.39 is 0 Å². The van der Waals surface area contributed by atoms with Gasteiger partial charge in [0.1, 0.15) is 0 Å². The van der Waals surface area contributed by atoms with Crippen LogP contribution in [0, 0.1) is 13.8 Å². The molecule has 2 rings (SSSR count). The summed E-state index contributed by atoms with van der Waals surface area (Å²) < 4.78 is 1.81. The van der Waals surface area contributed by atoms with Crippen LogP contribution in [0.15, 0.2) is 18.2 Å². The summed E-state index contributed by atoms with van der Waals surface area (Å²) in [5.41, 5.74) is 4.29. The number of nitrogens with zero attached hydrogens (tertiary/aromatic N) is 2. The zero-order chi connectivity index (χ0) is 15.6. The molecule has 0 saturated carbocycles. The van der Waals surface area contributed by atoms with Gasteiger partial charge in [0.2, 0.25) is 0 Å². The van der Waals surface area contributed by atoms with Gasteiger partial charge in [0, 0.05) is 42.6 Å². The number of hydrogen-bond acceptors (Lipinski definition) is 3. The molecule has 0 fully saturated rings. The summed E-state index contributed by atoms with van der Waals surface area (Å²) in [7, 11) is 3.67. The molecule has 0 unspecified atom stereocenters. The lowest BCUT2D eigenvalue weighted by Gasteiger charge is -2.10. The van der Waals surface area contributed by atoms with E-state index in [4.69, 9.17) is 11.6 Å². The first-order valence-electron chi connectivity index (χ1n) is 6.68. The molecule has 0 aliphatic carbocycles. The number of aromatic nitrogens is 2. The number of benzene rings is 1. The third-order valence-corrected chi connectivity index (χ3v) is 3.82. The summed E-state index contributed by atoms with van der Waals surface area (Å²) in [5, 5.41) is 10.8. The van der Waals surface area contributed by atoms with Gasteiger partial charge in [0.15, 0.2) is 0 Å². The summed E-state index contributed by atoms with van der Waals surface area (Å²) in [5.74, 6) is -0.162. The van der Waals surface area contributed by atoms with E-state index in [1.54, 1.807) is 25.2 Å². The average Bonchev–Trinajstić information content (AvgIpc) is 2.70. The smallest absolute Gasteiger partial charge is 0.253 e. The maximum atomic E-state index is 12.3. The summed E-state index contributed by atoms with van der Waals surface area (Å²) in [6, 6.07) is 5.20. The highest BCUT2D eigenvalue weighted by molar-refractivity contribution is 6.31. The second kappa shape index (κ2) is 6.18. The van der Waals surface area contributed by atoms with Crippen molar-refractivity contribution in [3.63, 3.8) is 0 Å². The lowest BCUT2D eigenvalue weighted by atomic mass is 10.1.